The van der Waals surface area contributed by atoms with Gasteiger partial charge in [0.2, 0.25) is 0 Å². The molecule has 0 unspecified atom stereocenters. The molecule has 0 aliphatic heterocycles. The van der Waals surface area contributed by atoms with E-state index in [1.807, 2.05) is 0 Å². The molecule has 68 heavy (non-hydrogen) atoms. The number of hydrogen-bond donors (Lipinski definition) is 0. The number of hydrogen-bond acceptors (Lipinski definition) is 1. The van der Waals surface area contributed by atoms with Crippen LogP contribution in [0.15, 0.2) is 261 Å². The first-order chi connectivity index (χ1) is 33.7. The molecule has 0 saturated heterocycles. The van der Waals surface area contributed by atoms with Gasteiger partial charge < -0.3 is 9.13 Å². The first kappa shape index (κ1) is 39.3. The van der Waals surface area contributed by atoms with Crippen molar-refractivity contribution in [1.82, 2.24) is 14.1 Å². The van der Waals surface area contributed by atoms with Crippen molar-refractivity contribution in [1.29, 1.82) is 0 Å². The van der Waals surface area contributed by atoms with Crippen molar-refractivity contribution < 1.29 is 0 Å². The van der Waals surface area contributed by atoms with Gasteiger partial charge in [0.1, 0.15) is 0 Å². The summed E-state index contributed by atoms with van der Waals surface area (Å²) in [5, 5.41) is 4.92. The summed E-state index contributed by atoms with van der Waals surface area (Å²) in [5.74, 6) is 0. The fraction of sp³-hybridized carbons (Fsp3) is 0. The Hall–Kier alpha value is -9.05. The van der Waals surface area contributed by atoms with Gasteiger partial charge >= 0.3 is 0 Å². The maximum atomic E-state index is 5.13. The smallest absolute Gasteiger partial charge is 0.0715 e. The fourth-order valence-corrected chi connectivity index (χ4v) is 10.2. The predicted octanol–water partition coefficient (Wildman–Crippen LogP) is 17.3. The summed E-state index contributed by atoms with van der Waals surface area (Å²) in [6.07, 6.45) is 0. The quantitative estimate of drug-likeness (QED) is 0.149. The molecule has 0 saturated carbocycles. The fourth-order valence-electron chi connectivity index (χ4n) is 10.2. The molecule has 0 radical (unpaired) electrons. The van der Waals surface area contributed by atoms with E-state index in [1.165, 1.54) is 77.0 Å². The van der Waals surface area contributed by atoms with Gasteiger partial charge in [-0.2, -0.15) is 0 Å². The second kappa shape index (κ2) is 16.4. The molecule has 0 spiro atoms. The van der Waals surface area contributed by atoms with Gasteiger partial charge in [-0.3, -0.25) is 0 Å². The monoisotopic (exact) mass is 865 g/mol. The predicted molar refractivity (Wildman–Crippen MR) is 286 cm³/mol. The maximum absolute atomic E-state index is 5.13. The van der Waals surface area contributed by atoms with Crippen LogP contribution < -0.4 is 0 Å². The molecule has 0 bridgehead atoms. The van der Waals surface area contributed by atoms with Crippen LogP contribution in [0.2, 0.25) is 0 Å². The van der Waals surface area contributed by atoms with Gasteiger partial charge in [-0.15, -0.1) is 0 Å². The van der Waals surface area contributed by atoms with E-state index < -0.39 is 0 Å². The zero-order chi connectivity index (χ0) is 45.0. The molecule has 0 aliphatic carbocycles. The number of benzene rings is 10. The largest absolute Gasteiger partial charge is 0.309 e. The van der Waals surface area contributed by atoms with Gasteiger partial charge in [0.05, 0.1) is 33.5 Å². The molecule has 0 fully saturated rings. The van der Waals surface area contributed by atoms with Crippen LogP contribution in [0.25, 0.3) is 122 Å². The molecule has 0 N–H and O–H groups in total. The highest BCUT2D eigenvalue weighted by atomic mass is 15.0. The molecule has 0 amide bonds. The van der Waals surface area contributed by atoms with E-state index >= 15 is 0 Å². The molecule has 10 aromatic carbocycles. The number of aromatic nitrogens is 3. The molecule has 3 heterocycles. The summed E-state index contributed by atoms with van der Waals surface area (Å²) in [5.41, 5.74) is 20.5. The molecule has 0 aliphatic rings. The minimum absolute atomic E-state index is 0.957. The highest BCUT2D eigenvalue weighted by molar-refractivity contribution is 6.12. The van der Waals surface area contributed by atoms with E-state index in [2.05, 4.69) is 270 Å². The summed E-state index contributed by atoms with van der Waals surface area (Å²) < 4.78 is 4.86. The third-order valence-electron chi connectivity index (χ3n) is 13.5. The topological polar surface area (TPSA) is 22.8 Å². The first-order valence-electron chi connectivity index (χ1n) is 23.3. The van der Waals surface area contributed by atoms with Crippen LogP contribution in [-0.4, -0.2) is 14.1 Å². The van der Waals surface area contributed by atoms with E-state index in [1.54, 1.807) is 0 Å². The average molecular weight is 866 g/mol. The van der Waals surface area contributed by atoms with Crippen LogP contribution in [-0.2, 0) is 0 Å². The Morgan fingerprint density at radius 1 is 0.206 bits per heavy atom. The van der Waals surface area contributed by atoms with Crippen LogP contribution in [0.1, 0.15) is 0 Å². The number of fused-ring (bicyclic) bond motifs is 6. The molecule has 3 heteroatoms. The van der Waals surface area contributed by atoms with Gasteiger partial charge in [-0.05, 0) is 117 Å². The van der Waals surface area contributed by atoms with Crippen molar-refractivity contribution in [2.45, 2.75) is 0 Å². The van der Waals surface area contributed by atoms with Crippen LogP contribution >= 0.6 is 0 Å². The first-order valence-corrected chi connectivity index (χ1v) is 23.3. The Morgan fingerprint density at radius 3 is 1.18 bits per heavy atom. The average Bonchev–Trinajstić information content (AvgIpc) is 3.94. The lowest BCUT2D eigenvalue weighted by atomic mass is 9.98. The van der Waals surface area contributed by atoms with Gasteiger partial charge in [0.15, 0.2) is 0 Å². The third-order valence-corrected chi connectivity index (χ3v) is 13.5. The number of pyridine rings is 1. The maximum Gasteiger partial charge on any atom is 0.0715 e. The Bertz CT molecular complexity index is 3860. The third kappa shape index (κ3) is 6.88. The summed E-state index contributed by atoms with van der Waals surface area (Å²) in [6, 6.07) is 94.3. The van der Waals surface area contributed by atoms with E-state index in [0.29, 0.717) is 0 Å². The van der Waals surface area contributed by atoms with E-state index in [0.717, 1.165) is 45.0 Å². The lowest BCUT2D eigenvalue weighted by Crippen LogP contribution is -1.96. The second-order valence-electron chi connectivity index (χ2n) is 17.6. The Balaban J connectivity index is 0.926. The van der Waals surface area contributed by atoms with Gasteiger partial charge in [0, 0.05) is 44.0 Å². The van der Waals surface area contributed by atoms with Crippen molar-refractivity contribution >= 4 is 43.6 Å². The molecular weight excluding hydrogens is 823 g/mol. The minimum Gasteiger partial charge on any atom is -0.309 e. The van der Waals surface area contributed by atoms with Crippen molar-refractivity contribution in [2.75, 3.05) is 0 Å². The highest BCUT2D eigenvalue weighted by Gasteiger charge is 2.18. The summed E-state index contributed by atoms with van der Waals surface area (Å²) >= 11 is 0. The Kier molecular flexibility index (Phi) is 9.50. The molecule has 318 valence electrons. The van der Waals surface area contributed by atoms with Crippen LogP contribution in [0.4, 0.5) is 0 Å². The summed E-state index contributed by atoms with van der Waals surface area (Å²) in [4.78, 5) is 5.13. The van der Waals surface area contributed by atoms with Crippen LogP contribution in [0.5, 0.6) is 0 Å². The van der Waals surface area contributed by atoms with E-state index in [-0.39, 0.29) is 0 Å². The highest BCUT2D eigenvalue weighted by Crippen LogP contribution is 2.40. The van der Waals surface area contributed by atoms with Crippen LogP contribution in [0.3, 0.4) is 0 Å². The minimum atomic E-state index is 0.957. The van der Waals surface area contributed by atoms with Crippen molar-refractivity contribution in [3.63, 3.8) is 0 Å². The molecule has 13 rings (SSSR count). The van der Waals surface area contributed by atoms with Gasteiger partial charge in [0.25, 0.3) is 0 Å². The SMILES string of the molecule is c1ccc(-c2cc(-c3ccccc3)cc(-n3c4ccccc4c4cc(-c5ccc6c7ccccc7n(-c7ccc(-c8cc(-c9ccccc9)nc(-c9ccccc9)c8)cc7)c6c5)ccc43)c2)cc1. The van der Waals surface area contributed by atoms with E-state index in [9.17, 15) is 0 Å². The van der Waals surface area contributed by atoms with Crippen molar-refractivity contribution in [3.05, 3.63) is 261 Å². The van der Waals surface area contributed by atoms with Crippen LogP contribution in [0, 0.1) is 0 Å². The lowest BCUT2D eigenvalue weighted by molar-refractivity contribution is 1.18. The standard InChI is InChI=1S/C65H43N3/c1-5-17-44(18-6-1)51-37-52(45-19-7-2-8-20-45)39-55(38-51)68-63-28-16-14-26-57(63)59-40-49(32-36-64(59)68)50-31-35-58-56-25-13-15-27-62(56)67(65(58)43-50)54-33-29-46(30-34-54)53-41-60(47-21-9-3-10-22-47)66-61(42-53)48-23-11-4-12-24-48/h1-43H. The van der Waals surface area contributed by atoms with E-state index in [4.69, 9.17) is 4.98 Å². The molecule has 3 aromatic heterocycles. The zero-order valence-electron chi connectivity index (χ0n) is 37.2. The van der Waals surface area contributed by atoms with Crippen molar-refractivity contribution in [2.24, 2.45) is 0 Å². The van der Waals surface area contributed by atoms with Gasteiger partial charge in [-0.25, -0.2) is 4.98 Å². The molecule has 13 aromatic rings. The number of nitrogens with zero attached hydrogens (tertiary/aromatic N) is 3. The van der Waals surface area contributed by atoms with Gasteiger partial charge in [-0.1, -0.05) is 188 Å². The summed E-state index contributed by atoms with van der Waals surface area (Å²) in [7, 11) is 0. The van der Waals surface area contributed by atoms with Crippen molar-refractivity contribution in [3.8, 4) is 78.4 Å². The summed E-state index contributed by atoms with van der Waals surface area (Å²) in [6.45, 7) is 0. The lowest BCUT2D eigenvalue weighted by Gasteiger charge is -2.14. The number of para-hydroxylation sites is 2. The normalized spacial score (nSPS) is 11.5. The molecular formula is C65H43N3. The number of rotatable bonds is 8. The Labute approximate surface area is 395 Å². The Morgan fingerprint density at radius 2 is 0.603 bits per heavy atom. The second-order valence-corrected chi connectivity index (χ2v) is 17.6. The molecule has 0 atom stereocenters. The molecule has 3 nitrogen and oxygen atoms in total. The zero-order valence-corrected chi connectivity index (χ0v) is 37.2.